The lowest BCUT2D eigenvalue weighted by atomic mass is 9.87. The van der Waals surface area contributed by atoms with Gasteiger partial charge in [0.25, 0.3) is 0 Å². The smallest absolute Gasteiger partial charge is 0.248 e. The van der Waals surface area contributed by atoms with Gasteiger partial charge in [0, 0.05) is 23.3 Å². The number of methoxy groups -OCH3 is 1. The molecule has 0 aromatic heterocycles. The van der Waals surface area contributed by atoms with Gasteiger partial charge in [0.05, 0.1) is 22.9 Å². The highest BCUT2D eigenvalue weighted by molar-refractivity contribution is 8.80. The Morgan fingerprint density at radius 3 is 2.61 bits per heavy atom. The molecule has 3 aliphatic heterocycles. The second-order valence-electron chi connectivity index (χ2n) is 7.29. The SMILES string of the molecule is COc1cccc2c1N(C(=O)CN1C(=O)CCC1=O)C(C)(C)C1=C2C(S)SS1. The molecule has 0 aliphatic carbocycles. The fourth-order valence-electron chi connectivity index (χ4n) is 3.94. The van der Waals surface area contributed by atoms with Crippen molar-refractivity contribution in [3.05, 3.63) is 28.7 Å². The van der Waals surface area contributed by atoms with Crippen LogP contribution in [0.4, 0.5) is 5.69 Å². The summed E-state index contributed by atoms with van der Waals surface area (Å²) in [6, 6.07) is 5.67. The van der Waals surface area contributed by atoms with Crippen LogP contribution in [-0.4, -0.2) is 46.4 Å². The van der Waals surface area contributed by atoms with Crippen LogP contribution in [0.15, 0.2) is 23.1 Å². The lowest BCUT2D eigenvalue weighted by Crippen LogP contribution is -2.54. The van der Waals surface area contributed by atoms with E-state index in [1.807, 2.05) is 32.0 Å². The summed E-state index contributed by atoms with van der Waals surface area (Å²) in [7, 11) is 4.83. The number of likely N-dealkylation sites (tertiary alicyclic amines) is 1. The largest absolute Gasteiger partial charge is 0.495 e. The summed E-state index contributed by atoms with van der Waals surface area (Å²) in [6.45, 7) is 3.69. The first kappa shape index (κ1) is 19.7. The van der Waals surface area contributed by atoms with E-state index < -0.39 is 5.54 Å². The van der Waals surface area contributed by atoms with Crippen molar-refractivity contribution in [3.63, 3.8) is 0 Å². The highest BCUT2D eigenvalue weighted by Gasteiger charge is 2.48. The number of carbonyl (C=O) groups excluding carboxylic acids is 3. The van der Waals surface area contributed by atoms with E-state index in [9.17, 15) is 14.4 Å². The molecule has 1 aromatic rings. The summed E-state index contributed by atoms with van der Waals surface area (Å²) >= 11 is 4.72. The first-order valence-electron chi connectivity index (χ1n) is 8.87. The zero-order valence-electron chi connectivity index (χ0n) is 15.7. The maximum Gasteiger partial charge on any atom is 0.248 e. The van der Waals surface area contributed by atoms with Gasteiger partial charge in [-0.15, -0.1) is 0 Å². The molecule has 0 N–H and O–H groups in total. The standard InChI is InChI=1S/C19H20N2O4S3/c1-19(2)17-15(18(26)28-27-17)10-5-4-6-11(25-3)16(10)21(19)14(24)9-20-12(22)7-8-13(20)23/h4-6,18,26H,7-9H2,1-3H3. The second kappa shape index (κ2) is 7.03. The quantitative estimate of drug-likeness (QED) is 0.445. The molecule has 9 heteroatoms. The van der Waals surface area contributed by atoms with Gasteiger partial charge >= 0.3 is 0 Å². The van der Waals surface area contributed by atoms with Crippen LogP contribution < -0.4 is 9.64 Å². The molecule has 3 heterocycles. The average Bonchev–Trinajstić information content (AvgIpc) is 3.19. The number of imide groups is 1. The van der Waals surface area contributed by atoms with Crippen molar-refractivity contribution in [2.45, 2.75) is 36.8 Å². The molecular formula is C19H20N2O4S3. The van der Waals surface area contributed by atoms with Gasteiger partial charge in [0.1, 0.15) is 12.3 Å². The molecule has 0 saturated carbocycles. The number of para-hydroxylation sites is 1. The van der Waals surface area contributed by atoms with Crippen molar-refractivity contribution in [2.75, 3.05) is 18.6 Å². The zero-order valence-corrected chi connectivity index (χ0v) is 18.2. The van der Waals surface area contributed by atoms with E-state index in [-0.39, 0.29) is 41.7 Å². The van der Waals surface area contributed by atoms with Crippen LogP contribution in [0.1, 0.15) is 32.3 Å². The number of benzene rings is 1. The Balaban J connectivity index is 1.83. The van der Waals surface area contributed by atoms with Gasteiger partial charge in [-0.05, 0) is 25.5 Å². The fourth-order valence-corrected chi connectivity index (χ4v) is 7.63. The van der Waals surface area contributed by atoms with Crippen LogP contribution in [0.5, 0.6) is 5.75 Å². The van der Waals surface area contributed by atoms with Crippen molar-refractivity contribution in [3.8, 4) is 5.75 Å². The van der Waals surface area contributed by atoms with E-state index in [1.54, 1.807) is 33.6 Å². The van der Waals surface area contributed by atoms with Crippen molar-refractivity contribution < 1.29 is 19.1 Å². The number of anilines is 1. The van der Waals surface area contributed by atoms with Gasteiger partial charge in [-0.2, -0.15) is 12.6 Å². The summed E-state index contributed by atoms with van der Waals surface area (Å²) in [6.07, 6.45) is 0.330. The molecule has 0 radical (unpaired) electrons. The number of hydrogen-bond acceptors (Lipinski definition) is 7. The number of amides is 3. The molecule has 28 heavy (non-hydrogen) atoms. The molecule has 4 rings (SSSR count). The Kier molecular flexibility index (Phi) is 4.96. The Labute approximate surface area is 176 Å². The Bertz CT molecular complexity index is 912. The minimum Gasteiger partial charge on any atom is -0.495 e. The molecule has 6 nitrogen and oxygen atoms in total. The lowest BCUT2D eigenvalue weighted by Gasteiger charge is -2.45. The van der Waals surface area contributed by atoms with Gasteiger partial charge in [-0.3, -0.25) is 24.2 Å². The minimum atomic E-state index is -0.658. The molecule has 148 valence electrons. The van der Waals surface area contributed by atoms with Crippen molar-refractivity contribution in [1.29, 1.82) is 0 Å². The van der Waals surface area contributed by atoms with Crippen LogP contribution >= 0.6 is 34.2 Å². The fraction of sp³-hybridized carbons (Fsp3) is 0.421. The van der Waals surface area contributed by atoms with Gasteiger partial charge in [0.15, 0.2) is 0 Å². The summed E-state index contributed by atoms with van der Waals surface area (Å²) < 4.78 is 5.57. The molecule has 1 saturated heterocycles. The highest BCUT2D eigenvalue weighted by atomic mass is 33.1. The zero-order chi connectivity index (χ0) is 20.2. The monoisotopic (exact) mass is 436 g/mol. The van der Waals surface area contributed by atoms with Crippen molar-refractivity contribution in [1.82, 2.24) is 4.90 Å². The molecule has 0 bridgehead atoms. The third-order valence-electron chi connectivity index (χ3n) is 5.26. The van der Waals surface area contributed by atoms with E-state index in [0.29, 0.717) is 11.4 Å². The summed E-state index contributed by atoms with van der Waals surface area (Å²) in [5.41, 5.74) is 2.00. The van der Waals surface area contributed by atoms with Gasteiger partial charge in [-0.25, -0.2) is 0 Å². The molecule has 3 amide bonds. The number of hydrogen-bond donors (Lipinski definition) is 1. The predicted molar refractivity (Wildman–Crippen MR) is 115 cm³/mol. The minimum absolute atomic E-state index is 0.0101. The molecule has 1 unspecified atom stereocenters. The van der Waals surface area contributed by atoms with E-state index >= 15 is 0 Å². The van der Waals surface area contributed by atoms with Crippen LogP contribution in [0.3, 0.4) is 0 Å². The summed E-state index contributed by atoms with van der Waals surface area (Å²) in [5.74, 6) is -0.324. The van der Waals surface area contributed by atoms with E-state index in [4.69, 9.17) is 17.4 Å². The normalized spacial score (nSPS) is 23.2. The summed E-state index contributed by atoms with van der Waals surface area (Å²) in [5, 5.41) is 0. The molecule has 3 aliphatic rings. The number of fused-ring (bicyclic) bond motifs is 2. The Morgan fingerprint density at radius 1 is 1.29 bits per heavy atom. The molecule has 1 atom stereocenters. The second-order valence-corrected chi connectivity index (χ2v) is 10.5. The third-order valence-corrected chi connectivity index (χ3v) is 9.03. The van der Waals surface area contributed by atoms with Crippen LogP contribution in [0, 0.1) is 0 Å². The van der Waals surface area contributed by atoms with Gasteiger partial charge < -0.3 is 4.74 Å². The first-order chi connectivity index (χ1) is 13.3. The van der Waals surface area contributed by atoms with Crippen molar-refractivity contribution >= 4 is 63.2 Å². The maximum atomic E-state index is 13.4. The number of thiol groups is 1. The van der Waals surface area contributed by atoms with Gasteiger partial charge in [-0.1, -0.05) is 33.7 Å². The number of nitrogens with zero attached hydrogens (tertiary/aromatic N) is 2. The van der Waals surface area contributed by atoms with E-state index in [0.717, 1.165) is 20.9 Å². The first-order valence-corrected chi connectivity index (χ1v) is 11.6. The van der Waals surface area contributed by atoms with Crippen LogP contribution in [-0.2, 0) is 14.4 Å². The average molecular weight is 437 g/mol. The maximum absolute atomic E-state index is 13.4. The topological polar surface area (TPSA) is 66.9 Å². The van der Waals surface area contributed by atoms with Crippen LogP contribution in [0.2, 0.25) is 0 Å². The van der Waals surface area contributed by atoms with Crippen LogP contribution in [0.25, 0.3) is 5.57 Å². The predicted octanol–water partition coefficient (Wildman–Crippen LogP) is 3.33. The van der Waals surface area contributed by atoms with Crippen molar-refractivity contribution in [2.24, 2.45) is 0 Å². The number of rotatable bonds is 3. The number of carbonyl (C=O) groups is 3. The third kappa shape index (κ3) is 2.86. The highest BCUT2D eigenvalue weighted by Crippen LogP contribution is 2.62. The van der Waals surface area contributed by atoms with Gasteiger partial charge in [0.2, 0.25) is 17.7 Å². The Hall–Kier alpha value is -1.58. The van der Waals surface area contributed by atoms with E-state index in [1.165, 1.54) is 0 Å². The molecule has 1 fully saturated rings. The number of ether oxygens (including phenoxy) is 1. The summed E-state index contributed by atoms with van der Waals surface area (Å²) in [4.78, 5) is 41.3. The Morgan fingerprint density at radius 2 is 1.96 bits per heavy atom. The van der Waals surface area contributed by atoms with E-state index in [2.05, 4.69) is 0 Å². The molecule has 0 spiro atoms. The lowest BCUT2D eigenvalue weighted by molar-refractivity contribution is -0.141. The molecular weight excluding hydrogens is 416 g/mol. The molecule has 1 aromatic carbocycles.